The molecule has 1 fully saturated rings. The van der Waals surface area contributed by atoms with E-state index in [9.17, 15) is 0 Å². The highest BCUT2D eigenvalue weighted by atomic mass is 32.1. The molecular weight excluding hydrogens is 154 g/mol. The van der Waals surface area contributed by atoms with Crippen LogP contribution in [0.15, 0.2) is 4.99 Å². The fourth-order valence-corrected chi connectivity index (χ4v) is 1.87. The summed E-state index contributed by atoms with van der Waals surface area (Å²) in [5, 5.41) is 2.50. The van der Waals surface area contributed by atoms with Crippen LogP contribution in [0.3, 0.4) is 0 Å². The molecule has 0 spiro atoms. The predicted molar refractivity (Wildman–Crippen MR) is 51.1 cm³/mol. The molecule has 1 rings (SSSR count). The predicted octanol–water partition coefficient (Wildman–Crippen LogP) is 3.06. The normalized spacial score (nSPS) is 32.1. The van der Waals surface area contributed by atoms with E-state index in [0.717, 1.165) is 0 Å². The van der Waals surface area contributed by atoms with Crippen LogP contribution in [0.4, 0.5) is 0 Å². The SMILES string of the molecule is CC1CCCCCC1N=C=S. The van der Waals surface area contributed by atoms with Crippen molar-refractivity contribution in [2.45, 2.75) is 45.1 Å². The first-order valence-electron chi connectivity index (χ1n) is 4.41. The van der Waals surface area contributed by atoms with Gasteiger partial charge in [0.1, 0.15) is 0 Å². The van der Waals surface area contributed by atoms with Gasteiger partial charge in [-0.25, -0.2) is 4.99 Å². The fraction of sp³-hybridized carbons (Fsp3) is 0.889. The van der Waals surface area contributed by atoms with Crippen LogP contribution in [-0.4, -0.2) is 11.2 Å². The zero-order chi connectivity index (χ0) is 8.10. The third kappa shape index (κ3) is 2.72. The third-order valence-corrected chi connectivity index (χ3v) is 2.64. The molecule has 0 aromatic carbocycles. The molecule has 0 bridgehead atoms. The summed E-state index contributed by atoms with van der Waals surface area (Å²) in [4.78, 5) is 4.19. The van der Waals surface area contributed by atoms with E-state index in [1.165, 1.54) is 32.1 Å². The maximum Gasteiger partial charge on any atom is 0.0628 e. The smallest absolute Gasteiger partial charge is 0.0628 e. The summed E-state index contributed by atoms with van der Waals surface area (Å²) >= 11 is 4.61. The van der Waals surface area contributed by atoms with Gasteiger partial charge in [-0.05, 0) is 31.0 Å². The van der Waals surface area contributed by atoms with Gasteiger partial charge >= 0.3 is 0 Å². The second kappa shape index (κ2) is 4.63. The molecule has 2 heteroatoms. The van der Waals surface area contributed by atoms with Crippen molar-refractivity contribution < 1.29 is 0 Å². The highest BCUT2D eigenvalue weighted by molar-refractivity contribution is 7.78. The van der Waals surface area contributed by atoms with Crippen LogP contribution in [-0.2, 0) is 0 Å². The molecule has 0 aliphatic heterocycles. The summed E-state index contributed by atoms with van der Waals surface area (Å²) in [5.74, 6) is 0.716. The summed E-state index contributed by atoms with van der Waals surface area (Å²) < 4.78 is 0. The number of hydrogen-bond donors (Lipinski definition) is 0. The van der Waals surface area contributed by atoms with Crippen molar-refractivity contribution in [2.24, 2.45) is 10.9 Å². The molecule has 0 radical (unpaired) electrons. The Hall–Kier alpha value is -0.200. The number of isothiocyanates is 1. The standard InChI is InChI=1S/C9H15NS/c1-8-5-3-2-4-6-9(8)10-7-11/h8-9H,2-6H2,1H3. The summed E-state index contributed by atoms with van der Waals surface area (Å²) in [6.45, 7) is 2.27. The van der Waals surface area contributed by atoms with Crippen molar-refractivity contribution in [3.05, 3.63) is 0 Å². The Kier molecular flexibility index (Phi) is 3.74. The molecule has 1 aliphatic carbocycles. The minimum Gasteiger partial charge on any atom is -0.229 e. The minimum absolute atomic E-state index is 0.468. The Morgan fingerprint density at radius 3 is 2.73 bits per heavy atom. The van der Waals surface area contributed by atoms with Crippen molar-refractivity contribution >= 4 is 17.4 Å². The number of rotatable bonds is 1. The number of hydrogen-bond acceptors (Lipinski definition) is 2. The summed E-state index contributed by atoms with van der Waals surface area (Å²) in [7, 11) is 0. The topological polar surface area (TPSA) is 12.4 Å². The van der Waals surface area contributed by atoms with Crippen LogP contribution in [0.5, 0.6) is 0 Å². The maximum atomic E-state index is 4.61. The number of thiocarbonyl (C=S) groups is 1. The molecular formula is C9H15NS. The largest absolute Gasteiger partial charge is 0.229 e. The van der Waals surface area contributed by atoms with Crippen molar-refractivity contribution in [2.75, 3.05) is 0 Å². The van der Waals surface area contributed by atoms with Gasteiger partial charge < -0.3 is 0 Å². The van der Waals surface area contributed by atoms with Crippen molar-refractivity contribution in [3.8, 4) is 0 Å². The van der Waals surface area contributed by atoms with Crippen molar-refractivity contribution in [1.29, 1.82) is 0 Å². The first kappa shape index (κ1) is 8.89. The van der Waals surface area contributed by atoms with Gasteiger partial charge in [-0.1, -0.05) is 26.2 Å². The van der Waals surface area contributed by atoms with E-state index in [4.69, 9.17) is 0 Å². The minimum atomic E-state index is 0.468. The first-order valence-corrected chi connectivity index (χ1v) is 4.82. The second-order valence-electron chi connectivity index (χ2n) is 3.40. The molecule has 0 aromatic rings. The Bertz CT molecular complexity index is 161. The Balaban J connectivity index is 2.51. The van der Waals surface area contributed by atoms with E-state index in [-0.39, 0.29) is 0 Å². The van der Waals surface area contributed by atoms with E-state index >= 15 is 0 Å². The molecule has 1 saturated carbocycles. The van der Waals surface area contributed by atoms with Crippen molar-refractivity contribution in [1.82, 2.24) is 0 Å². The van der Waals surface area contributed by atoms with E-state index in [1.807, 2.05) is 0 Å². The molecule has 62 valence electrons. The molecule has 2 atom stereocenters. The van der Waals surface area contributed by atoms with E-state index in [1.54, 1.807) is 0 Å². The zero-order valence-electron chi connectivity index (χ0n) is 7.05. The van der Waals surface area contributed by atoms with Crippen LogP contribution in [0, 0.1) is 5.92 Å². The maximum absolute atomic E-state index is 4.61. The Morgan fingerprint density at radius 2 is 2.00 bits per heavy atom. The number of aliphatic imine (C=N–C) groups is 1. The molecule has 0 heterocycles. The van der Waals surface area contributed by atoms with Gasteiger partial charge in [-0.15, -0.1) is 0 Å². The zero-order valence-corrected chi connectivity index (χ0v) is 7.86. The van der Waals surface area contributed by atoms with Gasteiger partial charge in [-0.3, -0.25) is 0 Å². The Labute approximate surface area is 73.9 Å². The highest BCUT2D eigenvalue weighted by Crippen LogP contribution is 2.24. The molecule has 0 aromatic heterocycles. The number of nitrogens with zero attached hydrogens (tertiary/aromatic N) is 1. The summed E-state index contributed by atoms with van der Waals surface area (Å²) in [6.07, 6.45) is 6.57. The van der Waals surface area contributed by atoms with Gasteiger partial charge in [0.15, 0.2) is 0 Å². The summed E-state index contributed by atoms with van der Waals surface area (Å²) in [5.41, 5.74) is 0. The Morgan fingerprint density at radius 1 is 1.27 bits per heavy atom. The third-order valence-electron chi connectivity index (χ3n) is 2.53. The highest BCUT2D eigenvalue weighted by Gasteiger charge is 2.18. The van der Waals surface area contributed by atoms with E-state index in [0.29, 0.717) is 12.0 Å². The van der Waals surface area contributed by atoms with Gasteiger partial charge in [0.2, 0.25) is 0 Å². The lowest BCUT2D eigenvalue weighted by molar-refractivity contribution is 0.436. The molecule has 0 amide bonds. The van der Waals surface area contributed by atoms with Gasteiger partial charge in [0.25, 0.3) is 0 Å². The van der Waals surface area contributed by atoms with Gasteiger partial charge in [0.05, 0.1) is 11.2 Å². The molecule has 0 N–H and O–H groups in total. The van der Waals surface area contributed by atoms with Gasteiger partial charge in [-0.2, -0.15) is 0 Å². The molecule has 2 unspecified atom stereocenters. The van der Waals surface area contributed by atoms with E-state index in [2.05, 4.69) is 29.3 Å². The van der Waals surface area contributed by atoms with Crippen LogP contribution in [0.1, 0.15) is 39.0 Å². The quantitative estimate of drug-likeness (QED) is 0.334. The lowest BCUT2D eigenvalue weighted by atomic mass is 9.98. The molecule has 1 aliphatic rings. The van der Waals surface area contributed by atoms with Crippen LogP contribution < -0.4 is 0 Å². The van der Waals surface area contributed by atoms with Gasteiger partial charge in [0, 0.05) is 0 Å². The lowest BCUT2D eigenvalue weighted by Gasteiger charge is -2.14. The average molecular weight is 169 g/mol. The second-order valence-corrected chi connectivity index (χ2v) is 3.59. The average Bonchev–Trinajstić information content (AvgIpc) is 2.18. The van der Waals surface area contributed by atoms with Crippen LogP contribution in [0.25, 0.3) is 0 Å². The molecule has 0 saturated heterocycles. The lowest BCUT2D eigenvalue weighted by Crippen LogP contribution is -2.13. The molecule has 11 heavy (non-hydrogen) atoms. The fourth-order valence-electron chi connectivity index (χ4n) is 1.73. The monoisotopic (exact) mass is 169 g/mol. The van der Waals surface area contributed by atoms with E-state index < -0.39 is 0 Å². The van der Waals surface area contributed by atoms with Crippen LogP contribution >= 0.6 is 12.2 Å². The van der Waals surface area contributed by atoms with Crippen LogP contribution in [0.2, 0.25) is 0 Å². The first-order chi connectivity index (χ1) is 5.34. The molecule has 1 nitrogen and oxygen atoms in total. The van der Waals surface area contributed by atoms with Crippen molar-refractivity contribution in [3.63, 3.8) is 0 Å². The summed E-state index contributed by atoms with van der Waals surface area (Å²) in [6, 6.07) is 0.468.